The number of imide groups is 2. The first-order valence-corrected chi connectivity index (χ1v) is 5.55. The highest BCUT2D eigenvalue weighted by Gasteiger charge is 2.48. The third kappa shape index (κ3) is 1.81. The number of nitrogens with zero attached hydrogens (tertiary/aromatic N) is 1. The van der Waals surface area contributed by atoms with E-state index in [1.807, 2.05) is 13.8 Å². The normalized spacial score (nSPS) is 20.3. The Balaban J connectivity index is 3.05. The predicted molar refractivity (Wildman–Crippen MR) is 58.5 cm³/mol. The van der Waals surface area contributed by atoms with Gasteiger partial charge in [0.05, 0.1) is 0 Å². The number of nitrogens with one attached hydrogen (secondary N) is 1. The molecular formula is C11H18N2O3. The van der Waals surface area contributed by atoms with E-state index in [2.05, 4.69) is 5.32 Å². The van der Waals surface area contributed by atoms with Crippen LogP contribution in [0, 0.1) is 5.41 Å². The zero-order valence-corrected chi connectivity index (χ0v) is 10.2. The number of barbiturate groups is 1. The quantitative estimate of drug-likeness (QED) is 0.737. The number of carbonyl (C=O) groups is 3. The summed E-state index contributed by atoms with van der Waals surface area (Å²) in [5.74, 6) is -0.931. The number of amides is 4. The van der Waals surface area contributed by atoms with Crippen molar-refractivity contribution in [3.8, 4) is 0 Å². The van der Waals surface area contributed by atoms with Gasteiger partial charge in [0.25, 0.3) is 0 Å². The maximum absolute atomic E-state index is 12.1. The molecule has 0 spiro atoms. The Kier molecular flexibility index (Phi) is 3.35. The fraction of sp³-hybridized carbons (Fsp3) is 0.727. The van der Waals surface area contributed by atoms with Crippen molar-refractivity contribution in [3.05, 3.63) is 0 Å². The van der Waals surface area contributed by atoms with Gasteiger partial charge in [0.1, 0.15) is 5.41 Å². The van der Waals surface area contributed by atoms with Crippen LogP contribution in [0.3, 0.4) is 0 Å². The minimum atomic E-state index is -1.16. The van der Waals surface area contributed by atoms with Gasteiger partial charge < -0.3 is 0 Å². The van der Waals surface area contributed by atoms with Crippen molar-refractivity contribution in [2.24, 2.45) is 5.41 Å². The lowest BCUT2D eigenvalue weighted by molar-refractivity contribution is -0.150. The summed E-state index contributed by atoms with van der Waals surface area (Å²) in [6.07, 6.45) is 1.39. The molecule has 0 unspecified atom stereocenters. The van der Waals surface area contributed by atoms with Gasteiger partial charge in [-0.15, -0.1) is 0 Å². The first kappa shape index (κ1) is 12.7. The van der Waals surface area contributed by atoms with Gasteiger partial charge in [0, 0.05) is 6.04 Å². The zero-order chi connectivity index (χ0) is 12.5. The second kappa shape index (κ2) is 4.23. The van der Waals surface area contributed by atoms with Crippen LogP contribution in [0.5, 0.6) is 0 Å². The van der Waals surface area contributed by atoms with Crippen LogP contribution in [0.25, 0.3) is 0 Å². The Hall–Kier alpha value is -1.39. The molecule has 1 heterocycles. The molecule has 0 radical (unpaired) electrons. The third-order valence-electron chi connectivity index (χ3n) is 3.07. The molecule has 1 fully saturated rings. The van der Waals surface area contributed by atoms with Crippen molar-refractivity contribution in [1.29, 1.82) is 0 Å². The van der Waals surface area contributed by atoms with Crippen LogP contribution in [0.4, 0.5) is 4.79 Å². The topological polar surface area (TPSA) is 66.5 Å². The molecule has 0 aromatic rings. The maximum atomic E-state index is 12.1. The predicted octanol–water partition coefficient (Wildman–Crippen LogP) is 1.28. The van der Waals surface area contributed by atoms with Gasteiger partial charge in [0.15, 0.2) is 0 Å². The van der Waals surface area contributed by atoms with Crippen molar-refractivity contribution in [1.82, 2.24) is 10.2 Å². The average molecular weight is 226 g/mol. The zero-order valence-electron chi connectivity index (χ0n) is 10.2. The molecule has 0 aromatic carbocycles. The molecule has 1 N–H and O–H groups in total. The molecule has 0 aromatic heterocycles. The maximum Gasteiger partial charge on any atom is 0.331 e. The number of rotatable bonds is 3. The summed E-state index contributed by atoms with van der Waals surface area (Å²) in [6.45, 7) is 6.90. The average Bonchev–Trinajstić information content (AvgIpc) is 2.22. The highest BCUT2D eigenvalue weighted by atomic mass is 16.2. The molecule has 5 heteroatoms. The van der Waals surface area contributed by atoms with E-state index in [1.54, 1.807) is 0 Å². The summed E-state index contributed by atoms with van der Waals surface area (Å²) in [7, 11) is 0. The van der Waals surface area contributed by atoms with Crippen LogP contribution in [0.1, 0.15) is 40.5 Å². The Morgan fingerprint density at radius 3 is 2.12 bits per heavy atom. The number of urea groups is 1. The molecule has 1 saturated heterocycles. The summed E-state index contributed by atoms with van der Waals surface area (Å²) < 4.78 is 0. The van der Waals surface area contributed by atoms with Gasteiger partial charge in [-0.1, -0.05) is 13.8 Å². The lowest BCUT2D eigenvalue weighted by Gasteiger charge is -2.38. The SMILES string of the molecule is CCC(CC)N1C(=O)NC(=O)C(C)(C)C1=O. The molecule has 0 saturated carbocycles. The van der Waals surface area contributed by atoms with Gasteiger partial charge in [0.2, 0.25) is 11.8 Å². The van der Waals surface area contributed by atoms with E-state index in [9.17, 15) is 14.4 Å². The van der Waals surface area contributed by atoms with Crippen LogP contribution >= 0.6 is 0 Å². The highest BCUT2D eigenvalue weighted by Crippen LogP contribution is 2.26. The van der Waals surface area contributed by atoms with Crippen LogP contribution in [0.15, 0.2) is 0 Å². The summed E-state index contributed by atoms with van der Waals surface area (Å²) in [4.78, 5) is 36.4. The van der Waals surface area contributed by atoms with E-state index >= 15 is 0 Å². The Labute approximate surface area is 95.2 Å². The van der Waals surface area contributed by atoms with Gasteiger partial charge in [-0.25, -0.2) is 4.79 Å². The molecule has 1 aliphatic rings. The van der Waals surface area contributed by atoms with E-state index < -0.39 is 23.3 Å². The molecule has 16 heavy (non-hydrogen) atoms. The Morgan fingerprint density at radius 2 is 1.69 bits per heavy atom. The number of carbonyl (C=O) groups excluding carboxylic acids is 3. The number of hydrogen-bond donors (Lipinski definition) is 1. The van der Waals surface area contributed by atoms with Crippen LogP contribution in [0.2, 0.25) is 0 Å². The Morgan fingerprint density at radius 1 is 1.19 bits per heavy atom. The van der Waals surface area contributed by atoms with Crippen molar-refractivity contribution < 1.29 is 14.4 Å². The van der Waals surface area contributed by atoms with Gasteiger partial charge in [-0.3, -0.25) is 19.8 Å². The largest absolute Gasteiger partial charge is 0.331 e. The lowest BCUT2D eigenvalue weighted by atomic mass is 9.87. The van der Waals surface area contributed by atoms with Crippen LogP contribution < -0.4 is 5.32 Å². The van der Waals surface area contributed by atoms with Crippen molar-refractivity contribution in [2.45, 2.75) is 46.6 Å². The first-order valence-electron chi connectivity index (χ1n) is 5.55. The van der Waals surface area contributed by atoms with Crippen LogP contribution in [-0.4, -0.2) is 28.8 Å². The van der Waals surface area contributed by atoms with Crippen molar-refractivity contribution in [3.63, 3.8) is 0 Å². The molecule has 90 valence electrons. The van der Waals surface area contributed by atoms with Gasteiger partial charge >= 0.3 is 6.03 Å². The second-order valence-corrected chi connectivity index (χ2v) is 4.53. The second-order valence-electron chi connectivity index (χ2n) is 4.53. The van der Waals surface area contributed by atoms with Crippen LogP contribution in [-0.2, 0) is 9.59 Å². The molecule has 5 nitrogen and oxygen atoms in total. The molecule has 4 amide bonds. The Bertz CT molecular complexity index is 332. The first-order chi connectivity index (χ1) is 7.36. The minimum Gasteiger partial charge on any atom is -0.277 e. The number of hydrogen-bond acceptors (Lipinski definition) is 3. The monoisotopic (exact) mass is 226 g/mol. The molecule has 1 rings (SSSR count). The fourth-order valence-electron chi connectivity index (χ4n) is 1.79. The van der Waals surface area contributed by atoms with E-state index in [0.29, 0.717) is 12.8 Å². The third-order valence-corrected chi connectivity index (χ3v) is 3.07. The van der Waals surface area contributed by atoms with Gasteiger partial charge in [-0.05, 0) is 26.7 Å². The molecular weight excluding hydrogens is 208 g/mol. The van der Waals surface area contributed by atoms with E-state index in [0.717, 1.165) is 0 Å². The van der Waals surface area contributed by atoms with Crippen molar-refractivity contribution >= 4 is 17.8 Å². The van der Waals surface area contributed by atoms with E-state index in [1.165, 1.54) is 18.7 Å². The lowest BCUT2D eigenvalue weighted by Crippen LogP contribution is -2.64. The van der Waals surface area contributed by atoms with Crippen molar-refractivity contribution in [2.75, 3.05) is 0 Å². The summed E-state index contributed by atoms with van der Waals surface area (Å²) >= 11 is 0. The van der Waals surface area contributed by atoms with E-state index in [4.69, 9.17) is 0 Å². The van der Waals surface area contributed by atoms with Gasteiger partial charge in [-0.2, -0.15) is 0 Å². The molecule has 0 atom stereocenters. The summed E-state index contributed by atoms with van der Waals surface area (Å²) in [5.41, 5.74) is -1.16. The highest BCUT2D eigenvalue weighted by molar-refractivity contribution is 6.18. The fourth-order valence-corrected chi connectivity index (χ4v) is 1.79. The summed E-state index contributed by atoms with van der Waals surface area (Å²) in [6, 6.07) is -0.733. The standard InChI is InChI=1S/C11H18N2O3/c1-5-7(6-2)13-9(15)11(3,4)8(14)12-10(13)16/h7H,5-6H2,1-4H3,(H,12,14,16). The summed E-state index contributed by atoms with van der Waals surface area (Å²) in [5, 5.41) is 2.23. The van der Waals surface area contributed by atoms with E-state index in [-0.39, 0.29) is 6.04 Å². The molecule has 1 aliphatic heterocycles. The molecule has 0 bridgehead atoms. The molecule has 0 aliphatic carbocycles. The smallest absolute Gasteiger partial charge is 0.277 e. The minimum absolute atomic E-state index is 0.139.